The molecule has 0 aromatic heterocycles. The molecule has 0 aliphatic carbocycles. The third kappa shape index (κ3) is 7.58. The number of carbonyl (C=O) groups excluding carboxylic acids is 1. The minimum Gasteiger partial charge on any atom is -0.466 e. The highest BCUT2D eigenvalue weighted by atomic mass is 19.4. The minimum atomic E-state index is -4.33. The number of hydrogen-bond donors (Lipinski definition) is 1. The maximum atomic E-state index is 11.7. The first-order valence-electron chi connectivity index (χ1n) is 3.83. The Morgan fingerprint density at radius 3 is 2.46 bits per heavy atom. The maximum absolute atomic E-state index is 11.7. The first-order chi connectivity index (χ1) is 5.85. The zero-order valence-corrected chi connectivity index (χ0v) is 7.23. The predicted molar refractivity (Wildman–Crippen MR) is 39.9 cm³/mol. The molecule has 0 rings (SSSR count). The van der Waals surface area contributed by atoms with Crippen molar-refractivity contribution in [2.24, 2.45) is 5.73 Å². The van der Waals surface area contributed by atoms with E-state index in [4.69, 9.17) is 5.73 Å². The van der Waals surface area contributed by atoms with E-state index in [-0.39, 0.29) is 6.61 Å². The second-order valence-corrected chi connectivity index (χ2v) is 2.59. The smallest absolute Gasteiger partial charge is 0.390 e. The normalized spacial score (nSPS) is 13.9. The van der Waals surface area contributed by atoms with Gasteiger partial charge in [-0.25, -0.2) is 0 Å². The molecule has 2 N–H and O–H groups in total. The van der Waals surface area contributed by atoms with E-state index in [0.29, 0.717) is 0 Å². The second-order valence-electron chi connectivity index (χ2n) is 2.59. The van der Waals surface area contributed by atoms with Crippen molar-refractivity contribution < 1.29 is 22.7 Å². The SMILES string of the molecule is CCOC(=O)CC(N)CC(F)(F)F. The van der Waals surface area contributed by atoms with E-state index in [2.05, 4.69) is 4.74 Å². The van der Waals surface area contributed by atoms with Gasteiger partial charge >= 0.3 is 12.1 Å². The molecule has 0 aliphatic rings. The topological polar surface area (TPSA) is 52.3 Å². The standard InChI is InChI=1S/C7H12F3NO2/c1-2-13-6(12)3-5(11)4-7(8,9)10/h5H,2-4,11H2,1H3. The van der Waals surface area contributed by atoms with Gasteiger partial charge in [-0.15, -0.1) is 0 Å². The van der Waals surface area contributed by atoms with Crippen molar-refractivity contribution in [3.05, 3.63) is 0 Å². The Bertz CT molecular complexity index is 170. The molecule has 6 heteroatoms. The summed E-state index contributed by atoms with van der Waals surface area (Å²) in [4.78, 5) is 10.7. The van der Waals surface area contributed by atoms with Gasteiger partial charge in [0, 0.05) is 6.04 Å². The summed E-state index contributed by atoms with van der Waals surface area (Å²) in [7, 11) is 0. The molecule has 0 saturated carbocycles. The molecule has 0 amide bonds. The quantitative estimate of drug-likeness (QED) is 0.692. The molecule has 0 heterocycles. The van der Waals surface area contributed by atoms with Crippen LogP contribution in [0.4, 0.5) is 13.2 Å². The number of halogens is 3. The van der Waals surface area contributed by atoms with E-state index in [1.165, 1.54) is 0 Å². The summed E-state index contributed by atoms with van der Waals surface area (Å²) in [5, 5.41) is 0. The van der Waals surface area contributed by atoms with E-state index in [1.54, 1.807) is 6.92 Å². The van der Waals surface area contributed by atoms with Gasteiger partial charge in [-0.05, 0) is 6.92 Å². The molecular weight excluding hydrogens is 187 g/mol. The molecule has 0 bridgehead atoms. The van der Waals surface area contributed by atoms with Gasteiger partial charge < -0.3 is 10.5 Å². The number of esters is 1. The lowest BCUT2D eigenvalue weighted by atomic mass is 10.1. The number of hydrogen-bond acceptors (Lipinski definition) is 3. The summed E-state index contributed by atoms with van der Waals surface area (Å²) in [5.74, 6) is -0.695. The van der Waals surface area contributed by atoms with Crippen LogP contribution in [0.15, 0.2) is 0 Å². The Balaban J connectivity index is 3.74. The largest absolute Gasteiger partial charge is 0.466 e. The van der Waals surface area contributed by atoms with Gasteiger partial charge in [0.1, 0.15) is 0 Å². The summed E-state index contributed by atoms with van der Waals surface area (Å²) in [6.45, 7) is 1.73. The molecule has 0 fully saturated rings. The minimum absolute atomic E-state index is 0.150. The van der Waals surface area contributed by atoms with Crippen LogP contribution in [-0.2, 0) is 9.53 Å². The van der Waals surface area contributed by atoms with Crippen LogP contribution in [0.5, 0.6) is 0 Å². The van der Waals surface area contributed by atoms with Crippen LogP contribution >= 0.6 is 0 Å². The Morgan fingerprint density at radius 2 is 2.08 bits per heavy atom. The van der Waals surface area contributed by atoms with Crippen molar-refractivity contribution >= 4 is 5.97 Å². The second kappa shape index (κ2) is 5.06. The third-order valence-electron chi connectivity index (χ3n) is 1.23. The van der Waals surface area contributed by atoms with Gasteiger partial charge in [0.25, 0.3) is 0 Å². The summed E-state index contributed by atoms with van der Waals surface area (Å²) >= 11 is 0. The Kier molecular flexibility index (Phi) is 4.76. The van der Waals surface area contributed by atoms with E-state index < -0.39 is 31.0 Å². The molecule has 13 heavy (non-hydrogen) atoms. The Labute approximate surface area is 74.0 Å². The van der Waals surface area contributed by atoms with E-state index in [0.717, 1.165) is 0 Å². The van der Waals surface area contributed by atoms with Gasteiger partial charge in [-0.3, -0.25) is 4.79 Å². The fourth-order valence-electron chi connectivity index (χ4n) is 0.803. The van der Waals surface area contributed by atoms with Crippen molar-refractivity contribution in [2.45, 2.75) is 32.0 Å². The Morgan fingerprint density at radius 1 is 1.54 bits per heavy atom. The lowest BCUT2D eigenvalue weighted by molar-refractivity contribution is -0.148. The molecule has 1 unspecified atom stereocenters. The summed E-state index contributed by atoms with van der Waals surface area (Å²) in [5.41, 5.74) is 5.07. The van der Waals surface area contributed by atoms with Crippen molar-refractivity contribution in [2.75, 3.05) is 6.61 Å². The molecule has 3 nitrogen and oxygen atoms in total. The fraction of sp³-hybridized carbons (Fsp3) is 0.857. The number of carbonyl (C=O) groups is 1. The molecule has 1 atom stereocenters. The summed E-state index contributed by atoms with van der Waals surface area (Å²) < 4.78 is 39.6. The van der Waals surface area contributed by atoms with Gasteiger partial charge in [0.2, 0.25) is 0 Å². The average molecular weight is 199 g/mol. The number of rotatable bonds is 4. The summed E-state index contributed by atoms with van der Waals surface area (Å²) in [6, 6.07) is -1.21. The highest BCUT2D eigenvalue weighted by Gasteiger charge is 2.31. The molecule has 0 radical (unpaired) electrons. The third-order valence-corrected chi connectivity index (χ3v) is 1.23. The number of alkyl halides is 3. The van der Waals surface area contributed by atoms with Gasteiger partial charge in [-0.2, -0.15) is 13.2 Å². The molecule has 0 spiro atoms. The monoisotopic (exact) mass is 199 g/mol. The van der Waals surface area contributed by atoms with E-state index in [1.807, 2.05) is 0 Å². The van der Waals surface area contributed by atoms with Gasteiger partial charge in [-0.1, -0.05) is 0 Å². The van der Waals surface area contributed by atoms with Crippen LogP contribution in [0.3, 0.4) is 0 Å². The zero-order chi connectivity index (χ0) is 10.5. The van der Waals surface area contributed by atoms with Gasteiger partial charge in [0.05, 0.1) is 19.4 Å². The lowest BCUT2D eigenvalue weighted by Crippen LogP contribution is -2.30. The molecule has 0 aromatic rings. The Hall–Kier alpha value is -0.780. The van der Waals surface area contributed by atoms with Crippen LogP contribution in [0, 0.1) is 0 Å². The first kappa shape index (κ1) is 12.2. The van der Waals surface area contributed by atoms with Crippen molar-refractivity contribution in [1.29, 1.82) is 0 Å². The molecule has 0 saturated heterocycles. The number of ether oxygens (including phenoxy) is 1. The van der Waals surface area contributed by atoms with Crippen molar-refractivity contribution in [3.8, 4) is 0 Å². The highest BCUT2D eigenvalue weighted by Crippen LogP contribution is 2.21. The average Bonchev–Trinajstić information content (AvgIpc) is 1.81. The fourth-order valence-corrected chi connectivity index (χ4v) is 0.803. The molecular formula is C7H12F3NO2. The van der Waals surface area contributed by atoms with Crippen LogP contribution in [0.2, 0.25) is 0 Å². The van der Waals surface area contributed by atoms with Crippen LogP contribution < -0.4 is 5.73 Å². The number of nitrogens with two attached hydrogens (primary N) is 1. The molecule has 0 aliphatic heterocycles. The predicted octanol–water partition coefficient (Wildman–Crippen LogP) is 1.22. The molecule has 0 aromatic carbocycles. The van der Waals surface area contributed by atoms with Gasteiger partial charge in [0.15, 0.2) is 0 Å². The van der Waals surface area contributed by atoms with E-state index >= 15 is 0 Å². The van der Waals surface area contributed by atoms with Crippen LogP contribution in [-0.4, -0.2) is 24.8 Å². The van der Waals surface area contributed by atoms with Crippen molar-refractivity contribution in [3.63, 3.8) is 0 Å². The van der Waals surface area contributed by atoms with Crippen LogP contribution in [0.25, 0.3) is 0 Å². The highest BCUT2D eigenvalue weighted by molar-refractivity contribution is 5.70. The van der Waals surface area contributed by atoms with E-state index in [9.17, 15) is 18.0 Å². The zero-order valence-electron chi connectivity index (χ0n) is 7.23. The summed E-state index contributed by atoms with van der Waals surface area (Å²) in [6.07, 6.45) is -5.88. The van der Waals surface area contributed by atoms with Crippen molar-refractivity contribution in [1.82, 2.24) is 0 Å². The molecule has 78 valence electrons. The first-order valence-corrected chi connectivity index (χ1v) is 3.83. The lowest BCUT2D eigenvalue weighted by Gasteiger charge is -2.12. The van der Waals surface area contributed by atoms with Crippen LogP contribution in [0.1, 0.15) is 19.8 Å². The maximum Gasteiger partial charge on any atom is 0.390 e.